The molecule has 1 saturated heterocycles. The molecule has 7 nitrogen and oxygen atoms in total. The molecule has 2 rings (SSSR count). The molecule has 0 saturated carbocycles. The Hall–Kier alpha value is -2.57. The number of carboxylic acids is 1. The number of benzene rings is 1. The van der Waals surface area contributed by atoms with E-state index in [-0.39, 0.29) is 25.6 Å². The van der Waals surface area contributed by atoms with Crippen molar-refractivity contribution in [2.75, 3.05) is 26.7 Å². The van der Waals surface area contributed by atoms with Gasteiger partial charge in [0.1, 0.15) is 6.04 Å². The molecule has 0 aliphatic carbocycles. The monoisotopic (exact) mass is 348 g/mol. The van der Waals surface area contributed by atoms with Crippen molar-refractivity contribution < 1.29 is 24.2 Å². The summed E-state index contributed by atoms with van der Waals surface area (Å²) in [6.45, 7) is 0.866. The average Bonchev–Trinajstić information content (AvgIpc) is 3.09. The molecule has 1 N–H and O–H groups in total. The third-order valence-corrected chi connectivity index (χ3v) is 4.24. The van der Waals surface area contributed by atoms with Gasteiger partial charge in [-0.3, -0.25) is 4.79 Å². The molecule has 25 heavy (non-hydrogen) atoms. The van der Waals surface area contributed by atoms with E-state index in [0.29, 0.717) is 19.4 Å². The Labute approximate surface area is 147 Å². The Morgan fingerprint density at radius 3 is 2.68 bits per heavy atom. The normalized spacial score (nSPS) is 16.5. The van der Waals surface area contributed by atoms with Crippen molar-refractivity contribution in [2.45, 2.75) is 31.7 Å². The molecule has 1 heterocycles. The van der Waals surface area contributed by atoms with Crippen molar-refractivity contribution in [1.82, 2.24) is 9.80 Å². The summed E-state index contributed by atoms with van der Waals surface area (Å²) in [7, 11) is 1.54. The molecule has 0 radical (unpaired) electrons. The minimum Gasteiger partial charge on any atom is -0.481 e. The van der Waals surface area contributed by atoms with E-state index >= 15 is 0 Å². The third kappa shape index (κ3) is 5.48. The maximum Gasteiger partial charge on any atom is 0.328 e. The lowest BCUT2D eigenvalue weighted by Gasteiger charge is -2.28. The molecular weight excluding hydrogens is 324 g/mol. The Morgan fingerprint density at radius 1 is 1.28 bits per heavy atom. The highest BCUT2D eigenvalue weighted by Crippen LogP contribution is 2.20. The fraction of sp³-hybridized carbons (Fsp3) is 0.500. The molecule has 1 aliphatic rings. The zero-order chi connectivity index (χ0) is 18.2. The van der Waals surface area contributed by atoms with Gasteiger partial charge in [-0.05, 0) is 18.4 Å². The van der Waals surface area contributed by atoms with Gasteiger partial charge < -0.3 is 19.6 Å². The summed E-state index contributed by atoms with van der Waals surface area (Å²) < 4.78 is 5.34. The molecule has 136 valence electrons. The SMILES string of the molecule is CN(CCC(=O)O)C(=O)N1CCC[C@H]1C(=O)OCCc1ccccc1. The van der Waals surface area contributed by atoms with Crippen LogP contribution in [-0.4, -0.2) is 65.7 Å². The third-order valence-electron chi connectivity index (χ3n) is 4.24. The molecule has 2 amide bonds. The van der Waals surface area contributed by atoms with E-state index < -0.39 is 18.0 Å². The fourth-order valence-corrected chi connectivity index (χ4v) is 2.83. The second-order valence-electron chi connectivity index (χ2n) is 6.10. The van der Waals surface area contributed by atoms with E-state index in [1.165, 1.54) is 9.80 Å². The predicted octanol–water partition coefficient (Wildman–Crippen LogP) is 1.76. The molecule has 1 aromatic carbocycles. The number of rotatable bonds is 7. The number of urea groups is 1. The first-order chi connectivity index (χ1) is 12.0. The van der Waals surface area contributed by atoms with Crippen molar-refractivity contribution in [1.29, 1.82) is 0 Å². The highest BCUT2D eigenvalue weighted by molar-refractivity contribution is 5.84. The second kappa shape index (κ2) is 9.05. The summed E-state index contributed by atoms with van der Waals surface area (Å²) in [4.78, 5) is 38.2. The molecule has 0 bridgehead atoms. The second-order valence-corrected chi connectivity index (χ2v) is 6.10. The smallest absolute Gasteiger partial charge is 0.328 e. The Kier molecular flexibility index (Phi) is 6.80. The van der Waals surface area contributed by atoms with Crippen LogP contribution in [-0.2, 0) is 20.7 Å². The van der Waals surface area contributed by atoms with Crippen LogP contribution in [0.15, 0.2) is 30.3 Å². The van der Waals surface area contributed by atoms with Crippen LogP contribution in [0.3, 0.4) is 0 Å². The molecule has 0 aromatic heterocycles. The van der Waals surface area contributed by atoms with Gasteiger partial charge >= 0.3 is 18.0 Å². The summed E-state index contributed by atoms with van der Waals surface area (Å²) in [6.07, 6.45) is 1.81. The minimum atomic E-state index is -0.960. The lowest BCUT2D eigenvalue weighted by atomic mass is 10.2. The summed E-state index contributed by atoms with van der Waals surface area (Å²) in [5.74, 6) is -1.36. The van der Waals surface area contributed by atoms with Gasteiger partial charge in [-0.1, -0.05) is 30.3 Å². The number of hydrogen-bond acceptors (Lipinski definition) is 4. The molecule has 1 atom stereocenters. The summed E-state index contributed by atoms with van der Waals surface area (Å²) in [5, 5.41) is 8.72. The van der Waals surface area contributed by atoms with Crippen molar-refractivity contribution in [2.24, 2.45) is 0 Å². The van der Waals surface area contributed by atoms with E-state index in [1.54, 1.807) is 7.05 Å². The molecule has 1 fully saturated rings. The number of ether oxygens (including phenoxy) is 1. The highest BCUT2D eigenvalue weighted by Gasteiger charge is 2.36. The predicted molar refractivity (Wildman–Crippen MR) is 91.1 cm³/mol. The number of aliphatic carboxylic acids is 1. The van der Waals surface area contributed by atoms with Crippen molar-refractivity contribution in [3.63, 3.8) is 0 Å². The topological polar surface area (TPSA) is 87.2 Å². The summed E-state index contributed by atoms with van der Waals surface area (Å²) in [5.41, 5.74) is 1.09. The van der Waals surface area contributed by atoms with Crippen molar-refractivity contribution in [3.8, 4) is 0 Å². The molecule has 0 spiro atoms. The number of carbonyl (C=O) groups excluding carboxylic acids is 2. The van der Waals surface area contributed by atoms with Gasteiger partial charge in [0, 0.05) is 26.6 Å². The van der Waals surface area contributed by atoms with Crippen LogP contribution in [0, 0.1) is 0 Å². The number of amides is 2. The number of carboxylic acid groups (broad SMARTS) is 1. The fourth-order valence-electron chi connectivity index (χ4n) is 2.83. The summed E-state index contributed by atoms with van der Waals surface area (Å²) in [6, 6.07) is 8.81. The molecule has 1 aromatic rings. The van der Waals surface area contributed by atoms with E-state index in [4.69, 9.17) is 9.84 Å². The molecule has 0 unspecified atom stereocenters. The van der Waals surface area contributed by atoms with Crippen LogP contribution in [0.1, 0.15) is 24.8 Å². The summed E-state index contributed by atoms with van der Waals surface area (Å²) >= 11 is 0. The minimum absolute atomic E-state index is 0.112. The van der Waals surface area contributed by atoms with Gasteiger partial charge in [-0.2, -0.15) is 0 Å². The van der Waals surface area contributed by atoms with Crippen LogP contribution in [0.4, 0.5) is 4.79 Å². The first-order valence-electron chi connectivity index (χ1n) is 8.43. The number of nitrogens with zero attached hydrogens (tertiary/aromatic N) is 2. The zero-order valence-corrected chi connectivity index (χ0v) is 14.4. The van der Waals surface area contributed by atoms with Crippen molar-refractivity contribution in [3.05, 3.63) is 35.9 Å². The van der Waals surface area contributed by atoms with Gasteiger partial charge in [-0.25, -0.2) is 9.59 Å². The van der Waals surface area contributed by atoms with Gasteiger partial charge in [0.15, 0.2) is 0 Å². The van der Waals surface area contributed by atoms with Gasteiger partial charge in [0.25, 0.3) is 0 Å². The van der Waals surface area contributed by atoms with Gasteiger partial charge in [0.2, 0.25) is 0 Å². The Bertz CT molecular complexity index is 605. The van der Waals surface area contributed by atoms with Crippen LogP contribution in [0.5, 0.6) is 0 Å². The van der Waals surface area contributed by atoms with Gasteiger partial charge in [-0.15, -0.1) is 0 Å². The van der Waals surface area contributed by atoms with E-state index in [0.717, 1.165) is 12.0 Å². The number of hydrogen-bond donors (Lipinski definition) is 1. The maximum atomic E-state index is 12.4. The van der Waals surface area contributed by atoms with Crippen LogP contribution < -0.4 is 0 Å². The molecule has 7 heteroatoms. The molecular formula is C18H24N2O5. The van der Waals surface area contributed by atoms with E-state index in [2.05, 4.69) is 0 Å². The van der Waals surface area contributed by atoms with Gasteiger partial charge in [0.05, 0.1) is 13.0 Å². The van der Waals surface area contributed by atoms with Crippen LogP contribution >= 0.6 is 0 Å². The molecule has 1 aliphatic heterocycles. The van der Waals surface area contributed by atoms with E-state index in [9.17, 15) is 14.4 Å². The number of carbonyl (C=O) groups is 3. The number of likely N-dealkylation sites (tertiary alicyclic amines) is 1. The standard InChI is InChI=1S/C18H24N2O5/c1-19(12-9-16(21)22)18(24)20-11-5-8-15(20)17(23)25-13-10-14-6-3-2-4-7-14/h2-4,6-7,15H,5,8-13H2,1H3,(H,21,22)/t15-/m0/s1. The zero-order valence-electron chi connectivity index (χ0n) is 14.4. The first-order valence-corrected chi connectivity index (χ1v) is 8.43. The Morgan fingerprint density at radius 2 is 2.00 bits per heavy atom. The number of esters is 1. The maximum absolute atomic E-state index is 12.4. The van der Waals surface area contributed by atoms with Crippen molar-refractivity contribution >= 4 is 18.0 Å². The van der Waals surface area contributed by atoms with Crippen LogP contribution in [0.2, 0.25) is 0 Å². The first kappa shape index (κ1) is 18.8. The van der Waals surface area contributed by atoms with Crippen LogP contribution in [0.25, 0.3) is 0 Å². The largest absolute Gasteiger partial charge is 0.481 e. The van der Waals surface area contributed by atoms with E-state index in [1.807, 2.05) is 30.3 Å². The highest BCUT2D eigenvalue weighted by atomic mass is 16.5. The quantitative estimate of drug-likeness (QED) is 0.759. The Balaban J connectivity index is 1.83. The lowest BCUT2D eigenvalue weighted by molar-refractivity contribution is -0.148. The lowest BCUT2D eigenvalue weighted by Crippen LogP contribution is -2.47. The average molecular weight is 348 g/mol.